The molecule has 0 spiro atoms. The summed E-state index contributed by atoms with van der Waals surface area (Å²) in [6.45, 7) is 3.86. The number of carbonyl (C=O) groups excluding carboxylic acids is 1. The number of amides is 1. The molecule has 6 nitrogen and oxygen atoms in total. The third-order valence-corrected chi connectivity index (χ3v) is 4.10. The lowest BCUT2D eigenvalue weighted by atomic mass is 10.1. The predicted molar refractivity (Wildman–Crippen MR) is 89.6 cm³/mol. The largest absolute Gasteiger partial charge is 0.366 e. The van der Waals surface area contributed by atoms with Gasteiger partial charge in [-0.3, -0.25) is 9.89 Å². The Morgan fingerprint density at radius 1 is 1.52 bits per heavy atom. The second-order valence-electron chi connectivity index (χ2n) is 5.69. The zero-order valence-corrected chi connectivity index (χ0v) is 13.9. The van der Waals surface area contributed by atoms with Crippen LogP contribution in [-0.2, 0) is 9.53 Å². The quantitative estimate of drug-likeness (QED) is 0.903. The number of carbonyl (C=O) groups is 1. The van der Waals surface area contributed by atoms with Crippen molar-refractivity contribution in [2.24, 2.45) is 0 Å². The summed E-state index contributed by atoms with van der Waals surface area (Å²) in [6, 6.07) is 7.46. The van der Waals surface area contributed by atoms with Gasteiger partial charge in [0.25, 0.3) is 5.91 Å². The molecule has 1 saturated heterocycles. The molecule has 1 atom stereocenters. The van der Waals surface area contributed by atoms with Crippen molar-refractivity contribution in [3.63, 3.8) is 0 Å². The van der Waals surface area contributed by atoms with Crippen molar-refractivity contribution >= 4 is 23.3 Å². The van der Waals surface area contributed by atoms with E-state index in [1.807, 2.05) is 38.2 Å². The van der Waals surface area contributed by atoms with Crippen molar-refractivity contribution in [1.82, 2.24) is 15.1 Å². The molecule has 2 heterocycles. The Balaban J connectivity index is 1.83. The summed E-state index contributed by atoms with van der Waals surface area (Å²) in [6.07, 6.45) is -0.488. The number of rotatable bonds is 3. The molecular weight excluding hydrogens is 316 g/mol. The molecule has 1 amide bonds. The molecule has 7 heteroatoms. The Morgan fingerprint density at radius 3 is 3.09 bits per heavy atom. The maximum absolute atomic E-state index is 12.4. The van der Waals surface area contributed by atoms with E-state index in [1.165, 1.54) is 0 Å². The molecule has 1 aliphatic rings. The highest BCUT2D eigenvalue weighted by atomic mass is 35.5. The molecule has 0 saturated carbocycles. The van der Waals surface area contributed by atoms with E-state index < -0.39 is 6.10 Å². The van der Waals surface area contributed by atoms with Crippen molar-refractivity contribution in [2.45, 2.75) is 13.0 Å². The summed E-state index contributed by atoms with van der Waals surface area (Å²) in [7, 11) is 1.97. The molecule has 3 rings (SSSR count). The van der Waals surface area contributed by atoms with Crippen molar-refractivity contribution in [3.8, 4) is 11.1 Å². The smallest absolute Gasteiger partial charge is 0.256 e. The Labute approximate surface area is 139 Å². The topological polar surface area (TPSA) is 70.2 Å². The number of H-pyrrole nitrogens is 1. The van der Waals surface area contributed by atoms with Gasteiger partial charge < -0.3 is 15.0 Å². The highest BCUT2D eigenvalue weighted by molar-refractivity contribution is 6.30. The van der Waals surface area contributed by atoms with Gasteiger partial charge in [-0.2, -0.15) is 5.10 Å². The summed E-state index contributed by atoms with van der Waals surface area (Å²) in [4.78, 5) is 14.5. The molecule has 23 heavy (non-hydrogen) atoms. The number of hydrogen-bond acceptors (Lipinski definition) is 4. The molecule has 0 radical (unpaired) electrons. The van der Waals surface area contributed by atoms with Crippen LogP contribution in [0.4, 0.5) is 5.82 Å². The van der Waals surface area contributed by atoms with Gasteiger partial charge >= 0.3 is 0 Å². The highest BCUT2D eigenvalue weighted by Crippen LogP contribution is 2.31. The minimum atomic E-state index is -0.488. The number of likely N-dealkylation sites (N-methyl/N-ethyl adjacent to an activating group) is 1. The number of aromatic amines is 1. The number of aryl methyl sites for hydroxylation is 1. The Morgan fingerprint density at radius 2 is 2.35 bits per heavy atom. The number of ether oxygens (including phenoxy) is 1. The fourth-order valence-electron chi connectivity index (χ4n) is 2.65. The summed E-state index contributed by atoms with van der Waals surface area (Å²) < 4.78 is 5.54. The van der Waals surface area contributed by atoms with Crippen molar-refractivity contribution < 1.29 is 9.53 Å². The average molecular weight is 335 g/mol. The number of benzene rings is 1. The fraction of sp³-hybridized carbons (Fsp3) is 0.375. The third-order valence-electron chi connectivity index (χ3n) is 3.86. The van der Waals surface area contributed by atoms with E-state index in [0.29, 0.717) is 24.0 Å². The maximum Gasteiger partial charge on any atom is 0.256 e. The molecular formula is C16H19ClN4O2. The van der Waals surface area contributed by atoms with E-state index in [1.54, 1.807) is 0 Å². The maximum atomic E-state index is 12.4. The minimum Gasteiger partial charge on any atom is -0.366 e. The van der Waals surface area contributed by atoms with Crippen LogP contribution in [0.25, 0.3) is 11.1 Å². The monoisotopic (exact) mass is 334 g/mol. The lowest BCUT2D eigenvalue weighted by Crippen LogP contribution is -2.46. The van der Waals surface area contributed by atoms with Crippen molar-refractivity contribution in [1.29, 1.82) is 0 Å². The predicted octanol–water partition coefficient (Wildman–Crippen LogP) is 2.31. The zero-order chi connectivity index (χ0) is 16.4. The van der Waals surface area contributed by atoms with E-state index >= 15 is 0 Å². The summed E-state index contributed by atoms with van der Waals surface area (Å²) in [5, 5.41) is 10.6. The number of anilines is 1. The molecule has 1 aromatic heterocycles. The molecule has 0 aliphatic carbocycles. The van der Waals surface area contributed by atoms with Gasteiger partial charge in [-0.05, 0) is 31.7 Å². The fourth-order valence-corrected chi connectivity index (χ4v) is 2.84. The normalized spacial score (nSPS) is 18.8. The first-order valence-electron chi connectivity index (χ1n) is 7.46. The lowest BCUT2D eigenvalue weighted by Gasteiger charge is -2.28. The minimum absolute atomic E-state index is 0.189. The van der Waals surface area contributed by atoms with Gasteiger partial charge in [0.15, 0.2) is 5.82 Å². The van der Waals surface area contributed by atoms with E-state index in [9.17, 15) is 4.79 Å². The van der Waals surface area contributed by atoms with Gasteiger partial charge in [0.05, 0.1) is 6.61 Å². The molecule has 2 N–H and O–H groups in total. The van der Waals surface area contributed by atoms with E-state index in [0.717, 1.165) is 23.4 Å². The second-order valence-corrected chi connectivity index (χ2v) is 6.13. The average Bonchev–Trinajstić information content (AvgIpc) is 2.88. The Kier molecular flexibility index (Phi) is 4.66. The molecule has 1 aromatic carbocycles. The van der Waals surface area contributed by atoms with Crippen LogP contribution < -0.4 is 5.32 Å². The number of aromatic nitrogens is 2. The van der Waals surface area contributed by atoms with Crippen LogP contribution in [0.1, 0.15) is 5.69 Å². The van der Waals surface area contributed by atoms with Crippen LogP contribution in [0.15, 0.2) is 24.3 Å². The molecule has 0 bridgehead atoms. The van der Waals surface area contributed by atoms with Crippen LogP contribution in [0.2, 0.25) is 5.02 Å². The van der Waals surface area contributed by atoms with Gasteiger partial charge in [0.1, 0.15) is 6.10 Å². The first kappa shape index (κ1) is 16.0. The van der Waals surface area contributed by atoms with Gasteiger partial charge in [0, 0.05) is 29.4 Å². The lowest BCUT2D eigenvalue weighted by molar-refractivity contribution is -0.132. The van der Waals surface area contributed by atoms with Gasteiger partial charge in [0.2, 0.25) is 0 Å². The van der Waals surface area contributed by atoms with Crippen LogP contribution in [0, 0.1) is 6.92 Å². The van der Waals surface area contributed by atoms with E-state index in [4.69, 9.17) is 16.3 Å². The molecule has 1 aliphatic heterocycles. The van der Waals surface area contributed by atoms with Gasteiger partial charge in [-0.25, -0.2) is 0 Å². The van der Waals surface area contributed by atoms with Crippen molar-refractivity contribution in [2.75, 3.05) is 32.1 Å². The second kappa shape index (κ2) is 6.70. The molecule has 122 valence electrons. The standard InChI is InChI=1S/C16H19ClN4O2/c1-10-14(11-4-3-5-12(17)8-11)15(20-19-10)18-16(22)13-9-21(2)6-7-23-13/h3-5,8,13H,6-7,9H2,1-2H3,(H2,18,19,20,22). The molecule has 1 fully saturated rings. The van der Waals surface area contributed by atoms with E-state index in [2.05, 4.69) is 20.4 Å². The van der Waals surface area contributed by atoms with Gasteiger partial charge in [-0.1, -0.05) is 23.7 Å². The SMILES string of the molecule is Cc1[nH]nc(NC(=O)C2CN(C)CCO2)c1-c1cccc(Cl)c1. The summed E-state index contributed by atoms with van der Waals surface area (Å²) in [5.41, 5.74) is 2.61. The number of nitrogens with one attached hydrogen (secondary N) is 2. The van der Waals surface area contributed by atoms with E-state index in [-0.39, 0.29) is 5.91 Å². The first-order chi connectivity index (χ1) is 11.0. The van der Waals surface area contributed by atoms with Gasteiger partial charge in [-0.15, -0.1) is 0 Å². The number of hydrogen-bond donors (Lipinski definition) is 2. The number of nitrogens with zero attached hydrogens (tertiary/aromatic N) is 2. The van der Waals surface area contributed by atoms with Crippen LogP contribution in [0.5, 0.6) is 0 Å². The highest BCUT2D eigenvalue weighted by Gasteiger charge is 2.26. The molecule has 2 aromatic rings. The zero-order valence-electron chi connectivity index (χ0n) is 13.1. The summed E-state index contributed by atoms with van der Waals surface area (Å²) >= 11 is 6.07. The summed E-state index contributed by atoms with van der Waals surface area (Å²) in [5.74, 6) is 0.304. The van der Waals surface area contributed by atoms with Crippen LogP contribution in [-0.4, -0.2) is 53.9 Å². The van der Waals surface area contributed by atoms with Crippen molar-refractivity contribution in [3.05, 3.63) is 35.0 Å². The number of halogens is 1. The van der Waals surface area contributed by atoms with Crippen LogP contribution in [0.3, 0.4) is 0 Å². The molecule has 1 unspecified atom stereocenters. The van der Waals surface area contributed by atoms with Crippen LogP contribution >= 0.6 is 11.6 Å². The third kappa shape index (κ3) is 3.55. The first-order valence-corrected chi connectivity index (χ1v) is 7.84. The number of morpholine rings is 1. The Hall–Kier alpha value is -1.89. The Bertz CT molecular complexity index is 716.